The zero-order valence-corrected chi connectivity index (χ0v) is 17.4. The Morgan fingerprint density at radius 2 is 1.85 bits per heavy atom. The molecule has 3 rings (SSSR count). The maximum atomic E-state index is 13.2. The van der Waals surface area contributed by atoms with Gasteiger partial charge in [0.15, 0.2) is 5.78 Å². The highest BCUT2D eigenvalue weighted by Gasteiger charge is 2.21. The van der Waals surface area contributed by atoms with Gasteiger partial charge in [-0.15, -0.1) is 0 Å². The molecule has 3 aromatic rings. The molecule has 3 heteroatoms. The molecule has 0 amide bonds. The van der Waals surface area contributed by atoms with Crippen LogP contribution in [0.4, 0.5) is 0 Å². The molecule has 0 saturated heterocycles. The highest BCUT2D eigenvalue weighted by Crippen LogP contribution is 2.33. The van der Waals surface area contributed by atoms with Gasteiger partial charge in [-0.05, 0) is 48.8 Å². The second-order valence-corrected chi connectivity index (χ2v) is 8.47. The molecule has 0 aliphatic rings. The fourth-order valence-electron chi connectivity index (χ4n) is 3.60. The quantitative estimate of drug-likeness (QED) is 0.330. The van der Waals surface area contributed by atoms with E-state index in [4.69, 9.17) is 0 Å². The van der Waals surface area contributed by atoms with Crippen LogP contribution < -0.4 is 0 Å². The van der Waals surface area contributed by atoms with Crippen molar-refractivity contribution in [3.05, 3.63) is 70.9 Å². The van der Waals surface area contributed by atoms with Crippen molar-refractivity contribution in [1.29, 1.82) is 0 Å². The number of hydrogen-bond acceptors (Lipinski definition) is 2. The lowest BCUT2D eigenvalue weighted by molar-refractivity contribution is 0.103. The number of nitrogens with one attached hydrogen (secondary N) is 1. The van der Waals surface area contributed by atoms with Crippen molar-refractivity contribution in [1.82, 2.24) is 4.98 Å². The second kappa shape index (κ2) is 9.27. The topological polar surface area (TPSA) is 32.9 Å². The highest BCUT2D eigenvalue weighted by atomic mass is 32.2. The summed E-state index contributed by atoms with van der Waals surface area (Å²) in [5.74, 6) is 2.95. The Balaban J connectivity index is 1.92. The standard InChI is InChI=1S/C24H29NOS/c1-4-5-15-27-16-14-17(2)20-12-9-13-21-23(20)22(18(3)25-21)24(26)19-10-7-6-8-11-19/h6-13,17,25H,4-5,14-16H2,1-3H3. The Kier molecular flexibility index (Phi) is 6.78. The van der Waals surface area contributed by atoms with Gasteiger partial charge in [-0.3, -0.25) is 4.79 Å². The number of benzene rings is 2. The second-order valence-electron chi connectivity index (χ2n) is 7.25. The number of aromatic amines is 1. The first-order valence-electron chi connectivity index (χ1n) is 9.92. The van der Waals surface area contributed by atoms with Crippen molar-refractivity contribution in [2.75, 3.05) is 11.5 Å². The number of carbonyl (C=O) groups excluding carboxylic acids is 1. The van der Waals surface area contributed by atoms with E-state index in [0.717, 1.165) is 34.1 Å². The van der Waals surface area contributed by atoms with Crippen LogP contribution in [0.5, 0.6) is 0 Å². The van der Waals surface area contributed by atoms with E-state index in [0.29, 0.717) is 5.92 Å². The van der Waals surface area contributed by atoms with E-state index in [1.54, 1.807) is 0 Å². The molecule has 0 aliphatic carbocycles. The van der Waals surface area contributed by atoms with Gasteiger partial charge in [0.2, 0.25) is 0 Å². The molecule has 142 valence electrons. The normalized spacial score (nSPS) is 12.4. The molecule has 2 nitrogen and oxygen atoms in total. The number of fused-ring (bicyclic) bond motifs is 1. The van der Waals surface area contributed by atoms with E-state index in [9.17, 15) is 4.79 Å². The SMILES string of the molecule is CCCCSCCC(C)c1cccc2[nH]c(C)c(C(=O)c3ccccc3)c12. The van der Waals surface area contributed by atoms with Crippen molar-refractivity contribution in [2.45, 2.75) is 46.0 Å². The minimum absolute atomic E-state index is 0.108. The zero-order valence-electron chi connectivity index (χ0n) is 16.5. The molecule has 1 unspecified atom stereocenters. The summed E-state index contributed by atoms with van der Waals surface area (Å²) in [6.07, 6.45) is 3.69. The first-order valence-corrected chi connectivity index (χ1v) is 11.1. The minimum Gasteiger partial charge on any atom is -0.358 e. The van der Waals surface area contributed by atoms with Gasteiger partial charge in [0.1, 0.15) is 0 Å². The molecule has 1 atom stereocenters. The first-order chi connectivity index (χ1) is 13.1. The number of aryl methyl sites for hydroxylation is 1. The summed E-state index contributed by atoms with van der Waals surface area (Å²) < 4.78 is 0. The van der Waals surface area contributed by atoms with Gasteiger partial charge in [0.25, 0.3) is 0 Å². The van der Waals surface area contributed by atoms with Gasteiger partial charge in [0, 0.05) is 22.2 Å². The van der Waals surface area contributed by atoms with Crippen molar-refractivity contribution >= 4 is 28.4 Å². The summed E-state index contributed by atoms with van der Waals surface area (Å²) in [6.45, 7) is 6.53. The number of thioether (sulfide) groups is 1. The summed E-state index contributed by atoms with van der Waals surface area (Å²) in [5, 5.41) is 1.11. The maximum absolute atomic E-state index is 13.2. The van der Waals surface area contributed by atoms with Crippen LogP contribution in [0.2, 0.25) is 0 Å². The van der Waals surface area contributed by atoms with Gasteiger partial charge in [0.05, 0.1) is 5.56 Å². The monoisotopic (exact) mass is 379 g/mol. The third-order valence-corrected chi connectivity index (χ3v) is 6.28. The third kappa shape index (κ3) is 4.47. The molecule has 1 aromatic heterocycles. The lowest BCUT2D eigenvalue weighted by Gasteiger charge is -2.14. The molecule has 1 heterocycles. The molecule has 27 heavy (non-hydrogen) atoms. The number of rotatable bonds is 9. The van der Waals surface area contributed by atoms with Crippen LogP contribution in [0.1, 0.15) is 66.2 Å². The zero-order chi connectivity index (χ0) is 19.2. The summed E-state index contributed by atoms with van der Waals surface area (Å²) in [6, 6.07) is 16.0. The van der Waals surface area contributed by atoms with Crippen LogP contribution in [0, 0.1) is 6.92 Å². The summed E-state index contributed by atoms with van der Waals surface area (Å²) >= 11 is 2.04. The molecular formula is C24H29NOS. The van der Waals surface area contributed by atoms with E-state index in [2.05, 4.69) is 37.0 Å². The number of carbonyl (C=O) groups is 1. The van der Waals surface area contributed by atoms with E-state index in [-0.39, 0.29) is 5.78 Å². The van der Waals surface area contributed by atoms with Crippen LogP contribution >= 0.6 is 11.8 Å². The number of aromatic nitrogens is 1. The van der Waals surface area contributed by atoms with Crippen LogP contribution in [-0.4, -0.2) is 22.3 Å². The van der Waals surface area contributed by atoms with Gasteiger partial charge in [-0.25, -0.2) is 0 Å². The maximum Gasteiger partial charge on any atom is 0.195 e. The Morgan fingerprint density at radius 1 is 1.07 bits per heavy atom. The van der Waals surface area contributed by atoms with Crippen molar-refractivity contribution in [2.24, 2.45) is 0 Å². The van der Waals surface area contributed by atoms with Gasteiger partial charge < -0.3 is 4.98 Å². The van der Waals surface area contributed by atoms with Crippen molar-refractivity contribution in [3.63, 3.8) is 0 Å². The lowest BCUT2D eigenvalue weighted by Crippen LogP contribution is -2.04. The number of hydrogen-bond donors (Lipinski definition) is 1. The highest BCUT2D eigenvalue weighted by molar-refractivity contribution is 7.99. The average Bonchev–Trinajstić information content (AvgIpc) is 3.03. The van der Waals surface area contributed by atoms with E-state index in [1.807, 2.05) is 49.0 Å². The fraction of sp³-hybridized carbons (Fsp3) is 0.375. The molecule has 0 fully saturated rings. The predicted octanol–water partition coefficient (Wildman–Crippen LogP) is 6.73. The summed E-state index contributed by atoms with van der Waals surface area (Å²) in [7, 11) is 0. The van der Waals surface area contributed by atoms with E-state index >= 15 is 0 Å². The Morgan fingerprint density at radius 3 is 2.59 bits per heavy atom. The van der Waals surface area contributed by atoms with Crippen LogP contribution in [0.3, 0.4) is 0 Å². The number of unbranched alkanes of at least 4 members (excludes halogenated alkanes) is 1. The number of H-pyrrole nitrogens is 1. The molecule has 0 bridgehead atoms. The van der Waals surface area contributed by atoms with Crippen molar-refractivity contribution < 1.29 is 4.79 Å². The van der Waals surface area contributed by atoms with Crippen LogP contribution in [0.15, 0.2) is 48.5 Å². The average molecular weight is 380 g/mol. The van der Waals surface area contributed by atoms with Crippen LogP contribution in [-0.2, 0) is 0 Å². The third-order valence-electron chi connectivity index (χ3n) is 5.18. The predicted molar refractivity (Wildman–Crippen MR) is 118 cm³/mol. The molecule has 0 spiro atoms. The van der Waals surface area contributed by atoms with E-state index in [1.165, 1.54) is 29.9 Å². The van der Waals surface area contributed by atoms with Gasteiger partial charge >= 0.3 is 0 Å². The smallest absolute Gasteiger partial charge is 0.195 e. The Labute approximate surface area is 166 Å². The largest absolute Gasteiger partial charge is 0.358 e. The lowest BCUT2D eigenvalue weighted by atomic mass is 9.91. The molecule has 0 saturated carbocycles. The summed E-state index contributed by atoms with van der Waals surface area (Å²) in [5.41, 5.74) is 4.88. The van der Waals surface area contributed by atoms with Crippen LogP contribution in [0.25, 0.3) is 10.9 Å². The first kappa shape index (κ1) is 19.8. The summed E-state index contributed by atoms with van der Waals surface area (Å²) in [4.78, 5) is 16.7. The van der Waals surface area contributed by atoms with E-state index < -0.39 is 0 Å². The van der Waals surface area contributed by atoms with Gasteiger partial charge in [-0.2, -0.15) is 11.8 Å². The molecular weight excluding hydrogens is 350 g/mol. The molecule has 2 aromatic carbocycles. The number of ketones is 1. The van der Waals surface area contributed by atoms with Crippen molar-refractivity contribution in [3.8, 4) is 0 Å². The van der Waals surface area contributed by atoms with Gasteiger partial charge in [-0.1, -0.05) is 62.7 Å². The molecule has 0 aliphatic heterocycles. The Hall–Kier alpha value is -2.00. The molecule has 1 N–H and O–H groups in total. The minimum atomic E-state index is 0.108. The fourth-order valence-corrected chi connectivity index (χ4v) is 4.81. The molecule has 0 radical (unpaired) electrons. The Bertz CT molecular complexity index is 897.